The van der Waals surface area contributed by atoms with Gasteiger partial charge in [0.05, 0.1) is 5.69 Å². The number of carbonyl (C=O) groups excluding carboxylic acids is 1. The summed E-state index contributed by atoms with van der Waals surface area (Å²) in [5.41, 5.74) is 1.60. The van der Waals surface area contributed by atoms with Crippen molar-refractivity contribution in [1.29, 1.82) is 0 Å². The van der Waals surface area contributed by atoms with Crippen molar-refractivity contribution in [1.82, 2.24) is 9.78 Å². The highest BCUT2D eigenvalue weighted by atomic mass is 79.9. The normalized spacial score (nSPS) is 11.3. The Kier molecular flexibility index (Phi) is 4.37. The summed E-state index contributed by atoms with van der Waals surface area (Å²) in [5, 5.41) is 10.0. The van der Waals surface area contributed by atoms with E-state index in [1.807, 2.05) is 37.4 Å². The van der Waals surface area contributed by atoms with Crippen LogP contribution >= 0.6 is 15.9 Å². The van der Waals surface area contributed by atoms with Gasteiger partial charge >= 0.3 is 6.03 Å². The quantitative estimate of drug-likeness (QED) is 0.855. The van der Waals surface area contributed by atoms with E-state index in [1.54, 1.807) is 4.68 Å². The van der Waals surface area contributed by atoms with Crippen molar-refractivity contribution in [2.45, 2.75) is 26.2 Å². The zero-order valence-corrected chi connectivity index (χ0v) is 14.2. The molecule has 0 saturated carbocycles. The third-order valence-electron chi connectivity index (χ3n) is 2.97. The Hall–Kier alpha value is -1.82. The number of rotatable bonds is 2. The van der Waals surface area contributed by atoms with E-state index >= 15 is 0 Å². The van der Waals surface area contributed by atoms with Crippen molar-refractivity contribution < 1.29 is 4.79 Å². The van der Waals surface area contributed by atoms with Crippen molar-refractivity contribution >= 4 is 33.5 Å². The van der Waals surface area contributed by atoms with Crippen LogP contribution in [0.4, 0.5) is 16.3 Å². The van der Waals surface area contributed by atoms with Crippen LogP contribution in [0.25, 0.3) is 0 Å². The molecular formula is C15H19BrN4O. The number of benzene rings is 1. The minimum atomic E-state index is -0.295. The van der Waals surface area contributed by atoms with Gasteiger partial charge in [0.1, 0.15) is 5.82 Å². The fourth-order valence-corrected chi connectivity index (χ4v) is 2.19. The van der Waals surface area contributed by atoms with Crippen molar-refractivity contribution in [3.63, 3.8) is 0 Å². The molecule has 0 aliphatic heterocycles. The molecule has 0 aliphatic carbocycles. The molecule has 2 rings (SSSR count). The van der Waals surface area contributed by atoms with E-state index in [2.05, 4.69) is 52.4 Å². The number of carbonyl (C=O) groups is 1. The summed E-state index contributed by atoms with van der Waals surface area (Å²) in [6, 6.07) is 9.02. The number of halogens is 1. The number of aromatic nitrogens is 2. The van der Waals surface area contributed by atoms with E-state index in [9.17, 15) is 4.79 Å². The van der Waals surface area contributed by atoms with Gasteiger partial charge in [-0.1, -0.05) is 42.8 Å². The molecule has 0 bridgehead atoms. The van der Waals surface area contributed by atoms with Gasteiger partial charge in [0.25, 0.3) is 0 Å². The van der Waals surface area contributed by atoms with Crippen LogP contribution in [0, 0.1) is 0 Å². The largest absolute Gasteiger partial charge is 0.324 e. The van der Waals surface area contributed by atoms with Gasteiger partial charge in [-0.2, -0.15) is 5.10 Å². The Balaban J connectivity index is 2.08. The zero-order valence-electron chi connectivity index (χ0n) is 12.6. The van der Waals surface area contributed by atoms with Gasteiger partial charge < -0.3 is 5.32 Å². The number of hydrogen-bond acceptors (Lipinski definition) is 2. The third-order valence-corrected chi connectivity index (χ3v) is 3.47. The molecule has 112 valence electrons. The number of anilines is 2. The molecule has 0 spiro atoms. The molecule has 0 saturated heterocycles. The highest BCUT2D eigenvalue weighted by Crippen LogP contribution is 2.23. The van der Waals surface area contributed by atoms with Gasteiger partial charge in [-0.25, -0.2) is 4.79 Å². The lowest BCUT2D eigenvalue weighted by Gasteiger charge is -2.13. The van der Waals surface area contributed by atoms with E-state index < -0.39 is 0 Å². The second-order valence-electron chi connectivity index (χ2n) is 5.88. The second kappa shape index (κ2) is 5.89. The minimum Gasteiger partial charge on any atom is -0.308 e. The molecule has 0 atom stereocenters. The molecule has 1 heterocycles. The maximum absolute atomic E-state index is 12.0. The Morgan fingerprint density at radius 3 is 2.52 bits per heavy atom. The molecule has 0 radical (unpaired) electrons. The molecule has 2 amide bonds. The van der Waals surface area contributed by atoms with Crippen molar-refractivity contribution in [3.05, 3.63) is 40.5 Å². The van der Waals surface area contributed by atoms with Gasteiger partial charge in [-0.3, -0.25) is 10.00 Å². The molecule has 2 N–H and O–H groups in total. The number of urea groups is 1. The monoisotopic (exact) mass is 350 g/mol. The highest BCUT2D eigenvalue weighted by molar-refractivity contribution is 9.10. The number of nitrogens with one attached hydrogen (secondary N) is 2. The van der Waals surface area contributed by atoms with Crippen molar-refractivity contribution in [2.75, 3.05) is 10.6 Å². The number of aryl methyl sites for hydroxylation is 1. The van der Waals surface area contributed by atoms with Gasteiger partial charge in [0.15, 0.2) is 0 Å². The van der Waals surface area contributed by atoms with Crippen LogP contribution in [-0.2, 0) is 12.5 Å². The van der Waals surface area contributed by atoms with Crippen LogP contribution in [0.15, 0.2) is 34.8 Å². The van der Waals surface area contributed by atoms with Crippen molar-refractivity contribution in [2.24, 2.45) is 7.05 Å². The van der Waals surface area contributed by atoms with Crippen LogP contribution in [-0.4, -0.2) is 15.8 Å². The van der Waals surface area contributed by atoms with Gasteiger partial charge in [0.2, 0.25) is 0 Å². The summed E-state index contributed by atoms with van der Waals surface area (Å²) < 4.78 is 2.58. The average molecular weight is 351 g/mol. The summed E-state index contributed by atoms with van der Waals surface area (Å²) in [7, 11) is 1.81. The molecule has 5 nitrogen and oxygen atoms in total. The summed E-state index contributed by atoms with van der Waals surface area (Å²) in [6.07, 6.45) is 0. The molecule has 6 heteroatoms. The first kappa shape index (κ1) is 15.6. The molecule has 21 heavy (non-hydrogen) atoms. The Labute approximate surface area is 132 Å². The number of amides is 2. The fraction of sp³-hybridized carbons (Fsp3) is 0.333. The zero-order chi connectivity index (χ0) is 15.6. The first-order valence-electron chi connectivity index (χ1n) is 6.64. The van der Waals surface area contributed by atoms with Crippen molar-refractivity contribution in [3.8, 4) is 0 Å². The van der Waals surface area contributed by atoms with E-state index in [0.29, 0.717) is 5.82 Å². The molecule has 1 aromatic heterocycles. The lowest BCUT2D eigenvalue weighted by molar-refractivity contribution is 0.262. The topological polar surface area (TPSA) is 59.0 Å². The van der Waals surface area contributed by atoms with E-state index in [1.165, 1.54) is 0 Å². The van der Waals surface area contributed by atoms with E-state index in [-0.39, 0.29) is 11.4 Å². The molecule has 0 unspecified atom stereocenters. The number of nitrogens with zero attached hydrogens (tertiary/aromatic N) is 2. The van der Waals surface area contributed by atoms with Crippen LogP contribution in [0.1, 0.15) is 26.5 Å². The molecule has 2 aromatic rings. The first-order valence-corrected chi connectivity index (χ1v) is 7.43. The van der Waals surface area contributed by atoms with Crippen LogP contribution in [0.2, 0.25) is 0 Å². The van der Waals surface area contributed by atoms with Crippen LogP contribution in [0.3, 0.4) is 0 Å². The third kappa shape index (κ3) is 4.07. The number of hydrogen-bond donors (Lipinski definition) is 2. The lowest BCUT2D eigenvalue weighted by atomic mass is 9.92. The molecule has 0 aliphatic rings. The fourth-order valence-electron chi connectivity index (χ4n) is 1.80. The Morgan fingerprint density at radius 1 is 1.24 bits per heavy atom. The SMILES string of the molecule is Cn1nc(C(C)(C)C)cc1NC(=O)Nc1cccc(Br)c1. The Bertz CT molecular complexity index is 658. The minimum absolute atomic E-state index is 0.0571. The Morgan fingerprint density at radius 2 is 1.95 bits per heavy atom. The average Bonchev–Trinajstić information content (AvgIpc) is 2.70. The summed E-state index contributed by atoms with van der Waals surface area (Å²) in [4.78, 5) is 12.0. The summed E-state index contributed by atoms with van der Waals surface area (Å²) in [6.45, 7) is 6.25. The van der Waals surface area contributed by atoms with Gasteiger partial charge in [-0.05, 0) is 18.2 Å². The molecular weight excluding hydrogens is 332 g/mol. The summed E-state index contributed by atoms with van der Waals surface area (Å²) >= 11 is 3.37. The molecule has 1 aromatic carbocycles. The first-order chi connectivity index (χ1) is 9.75. The second-order valence-corrected chi connectivity index (χ2v) is 6.79. The predicted octanol–water partition coefficient (Wildman–Crippen LogP) is 4.12. The maximum Gasteiger partial charge on any atom is 0.324 e. The molecule has 0 fully saturated rings. The van der Waals surface area contributed by atoms with E-state index in [4.69, 9.17) is 0 Å². The van der Waals surface area contributed by atoms with Gasteiger partial charge in [0, 0.05) is 28.7 Å². The van der Waals surface area contributed by atoms with E-state index in [0.717, 1.165) is 15.9 Å². The maximum atomic E-state index is 12.0. The highest BCUT2D eigenvalue weighted by Gasteiger charge is 2.19. The lowest BCUT2D eigenvalue weighted by Crippen LogP contribution is -2.20. The van der Waals surface area contributed by atoms with Crippen LogP contribution in [0.5, 0.6) is 0 Å². The smallest absolute Gasteiger partial charge is 0.308 e. The van der Waals surface area contributed by atoms with Crippen LogP contribution < -0.4 is 10.6 Å². The van der Waals surface area contributed by atoms with Gasteiger partial charge in [-0.15, -0.1) is 0 Å². The summed E-state index contributed by atoms with van der Waals surface area (Å²) in [5.74, 6) is 0.660. The standard InChI is InChI=1S/C15H19BrN4O/c1-15(2,3)12-9-13(20(4)19-12)18-14(21)17-11-7-5-6-10(16)8-11/h5-9H,1-4H3,(H2,17,18,21). The predicted molar refractivity (Wildman–Crippen MR) is 88.7 cm³/mol.